The Morgan fingerprint density at radius 3 is 2.59 bits per heavy atom. The number of sulfone groups is 1. The molecule has 158 valence electrons. The minimum atomic E-state index is -3.58. The van der Waals surface area contributed by atoms with Gasteiger partial charge in [-0.2, -0.15) is 0 Å². The van der Waals surface area contributed by atoms with Crippen molar-refractivity contribution < 1.29 is 23.1 Å². The van der Waals surface area contributed by atoms with Gasteiger partial charge in [0, 0.05) is 25.1 Å². The highest BCUT2D eigenvalue weighted by Crippen LogP contribution is 2.55. The second-order valence-corrected chi connectivity index (χ2v) is 11.3. The summed E-state index contributed by atoms with van der Waals surface area (Å²) in [4.78, 5) is 21.4. The van der Waals surface area contributed by atoms with E-state index in [0.29, 0.717) is 24.6 Å². The lowest BCUT2D eigenvalue weighted by Crippen LogP contribution is -2.61. The molecule has 9 heteroatoms. The molecule has 1 amide bonds. The van der Waals surface area contributed by atoms with Crippen molar-refractivity contribution in [3.8, 4) is 0 Å². The van der Waals surface area contributed by atoms with Crippen LogP contribution in [0.15, 0.2) is 11.4 Å². The summed E-state index contributed by atoms with van der Waals surface area (Å²) >= 11 is 0. The molecule has 0 radical (unpaired) electrons. The summed E-state index contributed by atoms with van der Waals surface area (Å²) in [7, 11) is -3.58. The number of nitrogens with zero attached hydrogens (tertiary/aromatic N) is 2. The Bertz CT molecular complexity index is 927. The average Bonchev–Trinajstić information content (AvgIpc) is 3.16. The summed E-state index contributed by atoms with van der Waals surface area (Å²) in [5, 5.41) is 13.7. The van der Waals surface area contributed by atoms with Crippen molar-refractivity contribution in [2.45, 2.75) is 67.8 Å². The van der Waals surface area contributed by atoms with Crippen LogP contribution in [-0.4, -0.2) is 53.9 Å². The van der Waals surface area contributed by atoms with Crippen LogP contribution in [-0.2, 0) is 14.6 Å². The Hall–Kier alpha value is -1.58. The average molecular weight is 422 g/mol. The lowest BCUT2D eigenvalue weighted by atomic mass is 9.52. The van der Waals surface area contributed by atoms with Gasteiger partial charge in [0.05, 0.1) is 16.9 Å². The van der Waals surface area contributed by atoms with Crippen molar-refractivity contribution in [1.82, 2.24) is 15.3 Å². The van der Waals surface area contributed by atoms with Gasteiger partial charge in [0.1, 0.15) is 6.10 Å². The molecular formula is C20H27N3O5S. The summed E-state index contributed by atoms with van der Waals surface area (Å²) in [5.41, 5.74) is 0.0931. The zero-order valence-corrected chi connectivity index (χ0v) is 17.3. The van der Waals surface area contributed by atoms with E-state index in [4.69, 9.17) is 4.74 Å². The highest BCUT2D eigenvalue weighted by Gasteiger charge is 2.55. The van der Waals surface area contributed by atoms with Crippen molar-refractivity contribution in [1.29, 1.82) is 0 Å². The number of carbonyl (C=O) groups is 1. The molecule has 0 aromatic carbocycles. The van der Waals surface area contributed by atoms with E-state index >= 15 is 0 Å². The molecule has 4 aliphatic carbocycles. The topological polar surface area (TPSA) is 118 Å². The number of amides is 1. The van der Waals surface area contributed by atoms with Crippen LogP contribution in [0.3, 0.4) is 0 Å². The SMILES string of the molecule is CS(=O)(=O)c1ncc(C(=O)N[C@H]2C3CC4CC2C[C@@](O)(C4)C3)c(C2CCCO2)n1. The van der Waals surface area contributed by atoms with Crippen molar-refractivity contribution >= 4 is 15.7 Å². The number of nitrogens with one attached hydrogen (secondary N) is 1. The van der Waals surface area contributed by atoms with Gasteiger partial charge in [0.15, 0.2) is 0 Å². The molecular weight excluding hydrogens is 394 g/mol. The minimum Gasteiger partial charge on any atom is -0.390 e. The Labute approximate surface area is 170 Å². The first-order valence-corrected chi connectivity index (χ1v) is 12.3. The summed E-state index contributed by atoms with van der Waals surface area (Å²) in [6.45, 7) is 0.566. The Kier molecular flexibility index (Phi) is 4.49. The number of hydrogen-bond acceptors (Lipinski definition) is 7. The first kappa shape index (κ1) is 19.4. The molecule has 6 rings (SSSR count). The van der Waals surface area contributed by atoms with Crippen LogP contribution < -0.4 is 5.32 Å². The van der Waals surface area contributed by atoms with Gasteiger partial charge in [-0.3, -0.25) is 4.79 Å². The monoisotopic (exact) mass is 421 g/mol. The van der Waals surface area contributed by atoms with E-state index in [-0.39, 0.29) is 34.5 Å². The lowest BCUT2D eigenvalue weighted by Gasteiger charge is -2.58. The molecule has 1 aromatic rings. The third-order valence-corrected chi connectivity index (χ3v) is 8.01. The van der Waals surface area contributed by atoms with Crippen LogP contribution in [0.25, 0.3) is 0 Å². The van der Waals surface area contributed by atoms with Crippen molar-refractivity contribution in [3.63, 3.8) is 0 Å². The molecule has 2 N–H and O–H groups in total. The fourth-order valence-electron chi connectivity index (χ4n) is 6.22. The van der Waals surface area contributed by atoms with Crippen LogP contribution in [0, 0.1) is 17.8 Å². The van der Waals surface area contributed by atoms with Gasteiger partial charge in [0.2, 0.25) is 15.0 Å². The maximum atomic E-state index is 13.2. The third-order valence-electron chi connectivity index (χ3n) is 7.15. The molecule has 5 fully saturated rings. The fraction of sp³-hybridized carbons (Fsp3) is 0.750. The van der Waals surface area contributed by atoms with Gasteiger partial charge in [0.25, 0.3) is 5.91 Å². The normalized spacial score (nSPS) is 38.3. The van der Waals surface area contributed by atoms with Crippen molar-refractivity contribution in [3.05, 3.63) is 17.5 Å². The summed E-state index contributed by atoms with van der Waals surface area (Å²) in [6, 6.07) is 0.0336. The molecule has 4 saturated carbocycles. The van der Waals surface area contributed by atoms with E-state index in [1.165, 1.54) is 6.20 Å². The molecule has 0 spiro atoms. The summed E-state index contributed by atoms with van der Waals surface area (Å²) in [6.07, 6.45) is 8.00. The molecule has 2 heterocycles. The molecule has 3 unspecified atom stereocenters. The molecule has 4 bridgehead atoms. The number of aliphatic hydroxyl groups is 1. The molecule has 5 aliphatic rings. The zero-order valence-electron chi connectivity index (χ0n) is 16.5. The minimum absolute atomic E-state index is 0.0336. The number of hydrogen-bond donors (Lipinski definition) is 2. The van der Waals surface area contributed by atoms with Crippen molar-refractivity contribution in [2.24, 2.45) is 17.8 Å². The summed E-state index contributed by atoms with van der Waals surface area (Å²) < 4.78 is 29.5. The Morgan fingerprint density at radius 1 is 1.28 bits per heavy atom. The molecule has 1 aliphatic heterocycles. The zero-order chi connectivity index (χ0) is 20.4. The van der Waals surface area contributed by atoms with Gasteiger partial charge in [-0.25, -0.2) is 18.4 Å². The molecule has 8 nitrogen and oxygen atoms in total. The first-order chi connectivity index (χ1) is 13.7. The lowest BCUT2D eigenvalue weighted by molar-refractivity contribution is -0.136. The van der Waals surface area contributed by atoms with E-state index in [2.05, 4.69) is 15.3 Å². The second-order valence-electron chi connectivity index (χ2n) is 9.42. The smallest absolute Gasteiger partial charge is 0.255 e. The molecule has 1 aromatic heterocycles. The Morgan fingerprint density at radius 2 is 2.00 bits per heavy atom. The number of ether oxygens (including phenoxy) is 1. The standard InChI is InChI=1S/C20H27N3O5S/c1-29(26,27)19-21-10-14(17(23-19)15-3-2-4-28-15)18(24)22-16-12-5-11-6-13(16)9-20(25,7-11)8-12/h10-13,15-16,25H,2-9H2,1H3,(H,22,24)/t11?,12?,13?,15?,16-,20+. The van der Waals surface area contributed by atoms with Gasteiger partial charge in [-0.05, 0) is 62.7 Å². The van der Waals surface area contributed by atoms with E-state index in [9.17, 15) is 18.3 Å². The highest BCUT2D eigenvalue weighted by molar-refractivity contribution is 7.90. The van der Waals surface area contributed by atoms with Crippen molar-refractivity contribution in [2.75, 3.05) is 12.9 Å². The van der Waals surface area contributed by atoms with Gasteiger partial charge in [-0.1, -0.05) is 0 Å². The van der Waals surface area contributed by atoms with Crippen LogP contribution >= 0.6 is 0 Å². The predicted octanol–water partition coefficient (Wildman–Crippen LogP) is 1.40. The van der Waals surface area contributed by atoms with Gasteiger partial charge in [-0.15, -0.1) is 0 Å². The highest BCUT2D eigenvalue weighted by atomic mass is 32.2. The van der Waals surface area contributed by atoms with E-state index in [0.717, 1.165) is 44.8 Å². The molecule has 3 atom stereocenters. The summed E-state index contributed by atoms with van der Waals surface area (Å²) in [5.74, 6) is 0.862. The second kappa shape index (κ2) is 6.72. The van der Waals surface area contributed by atoms with Crippen LogP contribution in [0.2, 0.25) is 0 Å². The maximum absolute atomic E-state index is 13.2. The van der Waals surface area contributed by atoms with E-state index in [1.807, 2.05) is 0 Å². The van der Waals surface area contributed by atoms with E-state index in [1.54, 1.807) is 0 Å². The van der Waals surface area contributed by atoms with E-state index < -0.39 is 21.5 Å². The maximum Gasteiger partial charge on any atom is 0.255 e. The van der Waals surface area contributed by atoms with Gasteiger partial charge < -0.3 is 15.2 Å². The number of aromatic nitrogens is 2. The van der Waals surface area contributed by atoms with Crippen LogP contribution in [0.1, 0.15) is 67.1 Å². The third kappa shape index (κ3) is 3.47. The quantitative estimate of drug-likeness (QED) is 0.706. The largest absolute Gasteiger partial charge is 0.390 e. The number of rotatable bonds is 4. The molecule has 1 saturated heterocycles. The molecule has 29 heavy (non-hydrogen) atoms. The predicted molar refractivity (Wildman–Crippen MR) is 103 cm³/mol. The van der Waals surface area contributed by atoms with Gasteiger partial charge >= 0.3 is 0 Å². The first-order valence-electron chi connectivity index (χ1n) is 10.4. The Balaban J connectivity index is 1.42. The number of carbonyl (C=O) groups excluding carboxylic acids is 1. The van der Waals surface area contributed by atoms with Crippen LogP contribution in [0.5, 0.6) is 0 Å². The fourth-order valence-corrected chi connectivity index (χ4v) is 6.72. The van der Waals surface area contributed by atoms with Crippen LogP contribution in [0.4, 0.5) is 0 Å².